The van der Waals surface area contributed by atoms with Crippen LogP contribution in [0.2, 0.25) is 0 Å². The standard InChI is InChI=1S/C23H28F2N4O3.HI/c1-26-23(29(2)15-16-8-10-19(11-9-16)32-22(24)25)27-14-17-5-3-6-18(13-17)28-21(30)20-7-4-12-31-20;/h3,5-6,8-11,13,20,22H,4,7,12,14-15H2,1-2H3,(H,26,27)(H,28,30);1H. The van der Waals surface area contributed by atoms with Gasteiger partial charge in [0.2, 0.25) is 0 Å². The first-order valence-corrected chi connectivity index (χ1v) is 10.4. The van der Waals surface area contributed by atoms with E-state index in [1.807, 2.05) is 36.2 Å². The van der Waals surface area contributed by atoms with Gasteiger partial charge in [-0.05, 0) is 48.2 Å². The Kier molecular flexibility index (Phi) is 10.8. The Hall–Kier alpha value is -2.47. The Morgan fingerprint density at radius 2 is 2.00 bits per heavy atom. The molecule has 0 saturated carbocycles. The van der Waals surface area contributed by atoms with Crippen LogP contribution in [-0.2, 0) is 22.6 Å². The monoisotopic (exact) mass is 574 g/mol. The van der Waals surface area contributed by atoms with Gasteiger partial charge in [0.15, 0.2) is 5.96 Å². The topological polar surface area (TPSA) is 75.2 Å². The first kappa shape index (κ1) is 26.8. The van der Waals surface area contributed by atoms with Gasteiger partial charge < -0.3 is 25.0 Å². The number of hydrogen-bond acceptors (Lipinski definition) is 4. The van der Waals surface area contributed by atoms with Gasteiger partial charge in [-0.3, -0.25) is 9.79 Å². The lowest BCUT2D eigenvalue weighted by Gasteiger charge is -2.22. The zero-order valence-corrected chi connectivity index (χ0v) is 20.9. The molecular formula is C23H29F2IN4O3. The molecule has 0 aliphatic carbocycles. The van der Waals surface area contributed by atoms with E-state index in [9.17, 15) is 13.6 Å². The van der Waals surface area contributed by atoms with Gasteiger partial charge in [0.25, 0.3) is 5.91 Å². The average molecular weight is 574 g/mol. The van der Waals surface area contributed by atoms with Crippen LogP contribution in [0.15, 0.2) is 53.5 Å². The number of anilines is 1. The average Bonchev–Trinajstić information content (AvgIpc) is 3.31. The zero-order chi connectivity index (χ0) is 22.9. The number of rotatable bonds is 8. The molecular weight excluding hydrogens is 545 g/mol. The number of ether oxygens (including phenoxy) is 2. The van der Waals surface area contributed by atoms with Gasteiger partial charge >= 0.3 is 6.61 Å². The zero-order valence-electron chi connectivity index (χ0n) is 18.6. The number of carbonyl (C=O) groups is 1. The van der Waals surface area contributed by atoms with E-state index >= 15 is 0 Å². The normalized spacial score (nSPS) is 15.7. The molecule has 2 aromatic carbocycles. The van der Waals surface area contributed by atoms with Gasteiger partial charge in [-0.15, -0.1) is 24.0 Å². The molecule has 1 fully saturated rings. The molecule has 0 radical (unpaired) electrons. The molecule has 180 valence electrons. The van der Waals surface area contributed by atoms with E-state index in [-0.39, 0.29) is 41.7 Å². The summed E-state index contributed by atoms with van der Waals surface area (Å²) in [5.74, 6) is 0.681. The summed E-state index contributed by atoms with van der Waals surface area (Å²) in [5.41, 5.74) is 2.63. The summed E-state index contributed by atoms with van der Waals surface area (Å²) in [6, 6.07) is 14.1. The second kappa shape index (κ2) is 13.3. The third-order valence-electron chi connectivity index (χ3n) is 5.01. The molecule has 1 unspecified atom stereocenters. The number of nitrogens with zero attached hydrogens (tertiary/aromatic N) is 2. The van der Waals surface area contributed by atoms with Gasteiger partial charge in [0, 0.05) is 39.5 Å². The number of benzene rings is 2. The first-order chi connectivity index (χ1) is 15.4. The van der Waals surface area contributed by atoms with E-state index < -0.39 is 6.61 Å². The quantitative estimate of drug-likeness (QED) is 0.281. The molecule has 3 rings (SSSR count). The summed E-state index contributed by atoms with van der Waals surface area (Å²) in [7, 11) is 3.58. The minimum absolute atomic E-state index is 0. The summed E-state index contributed by atoms with van der Waals surface area (Å²) in [6.45, 7) is -1.16. The van der Waals surface area contributed by atoms with Crippen molar-refractivity contribution in [3.05, 3.63) is 59.7 Å². The van der Waals surface area contributed by atoms with Crippen molar-refractivity contribution in [2.45, 2.75) is 38.6 Å². The molecule has 33 heavy (non-hydrogen) atoms. The van der Waals surface area contributed by atoms with E-state index in [0.29, 0.717) is 25.7 Å². The van der Waals surface area contributed by atoms with Crippen LogP contribution in [0, 0.1) is 0 Å². The molecule has 1 heterocycles. The van der Waals surface area contributed by atoms with Crippen LogP contribution in [0.1, 0.15) is 24.0 Å². The first-order valence-electron chi connectivity index (χ1n) is 10.4. The van der Waals surface area contributed by atoms with Crippen molar-refractivity contribution < 1.29 is 23.0 Å². The van der Waals surface area contributed by atoms with Crippen molar-refractivity contribution in [1.82, 2.24) is 10.2 Å². The predicted octanol–water partition coefficient (Wildman–Crippen LogP) is 4.23. The van der Waals surface area contributed by atoms with Crippen molar-refractivity contribution in [3.63, 3.8) is 0 Å². The minimum Gasteiger partial charge on any atom is -0.435 e. The maximum absolute atomic E-state index is 12.3. The van der Waals surface area contributed by atoms with Crippen molar-refractivity contribution in [1.29, 1.82) is 0 Å². The molecule has 1 aliphatic rings. The largest absolute Gasteiger partial charge is 0.435 e. The van der Waals surface area contributed by atoms with E-state index in [0.717, 1.165) is 29.7 Å². The molecule has 2 N–H and O–H groups in total. The fourth-order valence-corrected chi connectivity index (χ4v) is 3.46. The highest BCUT2D eigenvalue weighted by Gasteiger charge is 2.23. The van der Waals surface area contributed by atoms with Gasteiger partial charge in [-0.2, -0.15) is 8.78 Å². The SMILES string of the molecule is CN=C(NCc1cccc(NC(=O)C2CCCO2)c1)N(C)Cc1ccc(OC(F)F)cc1.I. The Morgan fingerprint density at radius 3 is 2.64 bits per heavy atom. The molecule has 1 aliphatic heterocycles. The molecule has 1 saturated heterocycles. The third kappa shape index (κ3) is 8.43. The second-order valence-electron chi connectivity index (χ2n) is 7.47. The fourth-order valence-electron chi connectivity index (χ4n) is 3.46. The van der Waals surface area contributed by atoms with Gasteiger partial charge in [-0.25, -0.2) is 0 Å². The lowest BCUT2D eigenvalue weighted by molar-refractivity contribution is -0.124. The Bertz CT molecular complexity index is 922. The van der Waals surface area contributed by atoms with Crippen molar-refractivity contribution in [2.75, 3.05) is 26.0 Å². The highest BCUT2D eigenvalue weighted by Crippen LogP contribution is 2.17. The van der Waals surface area contributed by atoms with Gasteiger partial charge in [0.05, 0.1) is 0 Å². The second-order valence-corrected chi connectivity index (χ2v) is 7.47. The van der Waals surface area contributed by atoms with Crippen LogP contribution in [0.25, 0.3) is 0 Å². The highest BCUT2D eigenvalue weighted by molar-refractivity contribution is 14.0. The Balaban J connectivity index is 0.00000385. The molecule has 0 bridgehead atoms. The number of aliphatic imine (C=N–C) groups is 1. The number of nitrogens with one attached hydrogen (secondary N) is 2. The van der Waals surface area contributed by atoms with Crippen LogP contribution in [-0.4, -0.2) is 50.2 Å². The summed E-state index contributed by atoms with van der Waals surface area (Å²) < 4.78 is 34.4. The predicted molar refractivity (Wildman–Crippen MR) is 134 cm³/mol. The van der Waals surface area contributed by atoms with Gasteiger partial charge in [0.1, 0.15) is 11.9 Å². The van der Waals surface area contributed by atoms with E-state index in [4.69, 9.17) is 4.74 Å². The smallest absolute Gasteiger partial charge is 0.387 e. The fraction of sp³-hybridized carbons (Fsp3) is 0.391. The van der Waals surface area contributed by atoms with E-state index in [2.05, 4.69) is 20.4 Å². The van der Waals surface area contributed by atoms with Crippen LogP contribution < -0.4 is 15.4 Å². The highest BCUT2D eigenvalue weighted by atomic mass is 127. The third-order valence-corrected chi connectivity index (χ3v) is 5.01. The number of hydrogen-bond donors (Lipinski definition) is 2. The van der Waals surface area contributed by atoms with Crippen molar-refractivity contribution in [3.8, 4) is 5.75 Å². The maximum Gasteiger partial charge on any atom is 0.387 e. The van der Waals surface area contributed by atoms with Crippen LogP contribution in [0.5, 0.6) is 5.75 Å². The molecule has 7 nitrogen and oxygen atoms in total. The van der Waals surface area contributed by atoms with Crippen molar-refractivity contribution in [2.24, 2.45) is 4.99 Å². The summed E-state index contributed by atoms with van der Waals surface area (Å²) in [6.07, 6.45) is 1.28. The number of alkyl halides is 2. The van der Waals surface area contributed by atoms with Gasteiger partial charge in [-0.1, -0.05) is 24.3 Å². The lowest BCUT2D eigenvalue weighted by atomic mass is 10.2. The number of guanidine groups is 1. The number of halogens is 3. The van der Waals surface area contributed by atoms with Crippen molar-refractivity contribution >= 4 is 41.5 Å². The molecule has 1 amide bonds. The summed E-state index contributed by atoms with van der Waals surface area (Å²) >= 11 is 0. The lowest BCUT2D eigenvalue weighted by Crippen LogP contribution is -2.38. The molecule has 0 aromatic heterocycles. The van der Waals surface area contributed by atoms with E-state index in [1.165, 1.54) is 12.1 Å². The molecule has 0 spiro atoms. The van der Waals surface area contributed by atoms with Crippen LogP contribution in [0.3, 0.4) is 0 Å². The summed E-state index contributed by atoms with van der Waals surface area (Å²) in [5, 5.41) is 6.20. The van der Waals surface area contributed by atoms with Crippen LogP contribution in [0.4, 0.5) is 14.5 Å². The molecule has 1 atom stereocenters. The molecule has 2 aromatic rings. The molecule has 10 heteroatoms. The van der Waals surface area contributed by atoms with Crippen LogP contribution >= 0.6 is 24.0 Å². The Labute approximate surface area is 209 Å². The minimum atomic E-state index is -2.84. The summed E-state index contributed by atoms with van der Waals surface area (Å²) in [4.78, 5) is 18.5. The Morgan fingerprint density at radius 1 is 1.24 bits per heavy atom. The van der Waals surface area contributed by atoms with E-state index in [1.54, 1.807) is 19.2 Å². The maximum atomic E-state index is 12.3. The number of carbonyl (C=O) groups excluding carboxylic acids is 1. The number of amides is 1.